The summed E-state index contributed by atoms with van der Waals surface area (Å²) in [6.45, 7) is 3.29. The van der Waals surface area contributed by atoms with Gasteiger partial charge < -0.3 is 10.3 Å². The van der Waals surface area contributed by atoms with Crippen molar-refractivity contribution in [3.63, 3.8) is 0 Å². The van der Waals surface area contributed by atoms with E-state index in [1.807, 2.05) is 18.2 Å². The van der Waals surface area contributed by atoms with Crippen LogP contribution >= 0.6 is 11.6 Å². The molecule has 1 fully saturated rings. The zero-order valence-corrected chi connectivity index (χ0v) is 11.3. The van der Waals surface area contributed by atoms with Gasteiger partial charge in [0.05, 0.1) is 10.5 Å². The highest BCUT2D eigenvalue weighted by Gasteiger charge is 2.23. The third-order valence-corrected chi connectivity index (χ3v) is 4.31. The zero-order chi connectivity index (χ0) is 12.7. The maximum absolute atomic E-state index is 6.15. The minimum Gasteiger partial charge on any atom is -0.369 e. The quantitative estimate of drug-likeness (QED) is 0.898. The summed E-state index contributed by atoms with van der Waals surface area (Å²) in [4.78, 5) is 4.38. The van der Waals surface area contributed by atoms with Gasteiger partial charge in [0, 0.05) is 6.54 Å². The molecule has 1 aliphatic carbocycles. The van der Waals surface area contributed by atoms with Crippen LogP contribution < -0.4 is 5.73 Å². The topological polar surface area (TPSA) is 43.8 Å². The lowest BCUT2D eigenvalue weighted by molar-refractivity contribution is 0.450. The Bertz CT molecular complexity index is 576. The Morgan fingerprint density at radius 3 is 3.00 bits per heavy atom. The molecule has 0 aliphatic heterocycles. The van der Waals surface area contributed by atoms with E-state index in [1.54, 1.807) is 0 Å². The molecule has 1 aliphatic rings. The Hall–Kier alpha value is -1.22. The van der Waals surface area contributed by atoms with E-state index in [2.05, 4.69) is 16.5 Å². The van der Waals surface area contributed by atoms with Crippen molar-refractivity contribution in [1.82, 2.24) is 9.55 Å². The first-order chi connectivity index (χ1) is 8.65. The van der Waals surface area contributed by atoms with Gasteiger partial charge in [-0.1, -0.05) is 31.0 Å². The second-order valence-electron chi connectivity index (χ2n) is 5.47. The molecule has 1 saturated carbocycles. The standard InChI is InChI=1S/C14H18ClN3/c1-9-5-6-10(7-9)8-18-12-4-2-3-11(15)13(12)17-14(18)16/h2-4,9-10H,5-8H2,1H3,(H2,16,17). The summed E-state index contributed by atoms with van der Waals surface area (Å²) < 4.78 is 2.12. The van der Waals surface area contributed by atoms with Crippen LogP contribution in [0.2, 0.25) is 5.02 Å². The van der Waals surface area contributed by atoms with Gasteiger partial charge in [0.15, 0.2) is 0 Å². The number of rotatable bonds is 2. The number of nitrogens with zero attached hydrogens (tertiary/aromatic N) is 2. The Morgan fingerprint density at radius 2 is 2.28 bits per heavy atom. The molecule has 2 atom stereocenters. The molecule has 0 amide bonds. The molecule has 2 unspecified atom stereocenters. The summed E-state index contributed by atoms with van der Waals surface area (Å²) in [5.74, 6) is 2.14. The van der Waals surface area contributed by atoms with Crippen molar-refractivity contribution in [1.29, 1.82) is 0 Å². The number of hydrogen-bond donors (Lipinski definition) is 1. The van der Waals surface area contributed by atoms with Crippen LogP contribution in [0, 0.1) is 11.8 Å². The molecule has 0 spiro atoms. The molecule has 1 aromatic heterocycles. The predicted octanol–water partition coefficient (Wildman–Crippen LogP) is 3.71. The van der Waals surface area contributed by atoms with E-state index in [0.717, 1.165) is 29.4 Å². The first-order valence-electron chi connectivity index (χ1n) is 6.55. The number of anilines is 1. The number of hydrogen-bond acceptors (Lipinski definition) is 2. The number of nitrogens with two attached hydrogens (primary N) is 1. The fraction of sp³-hybridized carbons (Fsp3) is 0.500. The minimum absolute atomic E-state index is 0.581. The van der Waals surface area contributed by atoms with Crippen molar-refractivity contribution in [3.8, 4) is 0 Å². The van der Waals surface area contributed by atoms with Crippen molar-refractivity contribution >= 4 is 28.6 Å². The molecule has 3 nitrogen and oxygen atoms in total. The second kappa shape index (κ2) is 4.47. The summed E-state index contributed by atoms with van der Waals surface area (Å²) in [5.41, 5.74) is 7.91. The molecule has 3 rings (SSSR count). The molecule has 2 aromatic rings. The smallest absolute Gasteiger partial charge is 0.201 e. The fourth-order valence-electron chi connectivity index (χ4n) is 3.07. The number of fused-ring (bicyclic) bond motifs is 1. The van der Waals surface area contributed by atoms with E-state index in [0.29, 0.717) is 11.0 Å². The highest BCUT2D eigenvalue weighted by molar-refractivity contribution is 6.35. The maximum atomic E-state index is 6.15. The van der Waals surface area contributed by atoms with Crippen LogP contribution in [0.5, 0.6) is 0 Å². The summed E-state index contributed by atoms with van der Waals surface area (Å²) in [5, 5.41) is 0.678. The summed E-state index contributed by atoms with van der Waals surface area (Å²) in [6.07, 6.45) is 3.92. The average molecular weight is 264 g/mol. The Kier molecular flexibility index (Phi) is 2.94. The minimum atomic E-state index is 0.581. The molecule has 1 aromatic carbocycles. The average Bonchev–Trinajstić information content (AvgIpc) is 2.87. The molecule has 0 radical (unpaired) electrons. The van der Waals surface area contributed by atoms with E-state index in [1.165, 1.54) is 19.3 Å². The van der Waals surface area contributed by atoms with E-state index in [4.69, 9.17) is 17.3 Å². The summed E-state index contributed by atoms with van der Waals surface area (Å²) >= 11 is 6.15. The number of halogens is 1. The van der Waals surface area contributed by atoms with Crippen LogP contribution in [-0.2, 0) is 6.54 Å². The van der Waals surface area contributed by atoms with Gasteiger partial charge >= 0.3 is 0 Å². The van der Waals surface area contributed by atoms with Crippen LogP contribution in [0.1, 0.15) is 26.2 Å². The van der Waals surface area contributed by atoms with Crippen LogP contribution in [0.15, 0.2) is 18.2 Å². The van der Waals surface area contributed by atoms with Crippen molar-refractivity contribution in [2.45, 2.75) is 32.7 Å². The van der Waals surface area contributed by atoms with E-state index in [9.17, 15) is 0 Å². The lowest BCUT2D eigenvalue weighted by atomic mass is 10.1. The summed E-state index contributed by atoms with van der Waals surface area (Å²) in [7, 11) is 0. The molecule has 4 heteroatoms. The molecule has 18 heavy (non-hydrogen) atoms. The Morgan fingerprint density at radius 1 is 1.44 bits per heavy atom. The van der Waals surface area contributed by atoms with Crippen LogP contribution in [0.4, 0.5) is 5.95 Å². The zero-order valence-electron chi connectivity index (χ0n) is 10.6. The van der Waals surface area contributed by atoms with E-state index in [-0.39, 0.29) is 0 Å². The molecule has 0 bridgehead atoms. The number of imidazole rings is 1. The van der Waals surface area contributed by atoms with Gasteiger partial charge in [-0.15, -0.1) is 0 Å². The Labute approximate surface area is 112 Å². The van der Waals surface area contributed by atoms with E-state index >= 15 is 0 Å². The number of nitrogen functional groups attached to an aromatic ring is 1. The second-order valence-corrected chi connectivity index (χ2v) is 5.88. The van der Waals surface area contributed by atoms with Gasteiger partial charge in [0.2, 0.25) is 5.95 Å². The van der Waals surface area contributed by atoms with Gasteiger partial charge in [0.25, 0.3) is 0 Å². The molecule has 1 heterocycles. The molecule has 0 saturated heterocycles. The highest BCUT2D eigenvalue weighted by atomic mass is 35.5. The molecular weight excluding hydrogens is 246 g/mol. The van der Waals surface area contributed by atoms with Crippen molar-refractivity contribution in [2.24, 2.45) is 11.8 Å². The molecular formula is C14H18ClN3. The number of aromatic nitrogens is 2. The largest absolute Gasteiger partial charge is 0.369 e. The molecule has 96 valence electrons. The highest BCUT2D eigenvalue weighted by Crippen LogP contribution is 2.33. The molecule has 2 N–H and O–H groups in total. The SMILES string of the molecule is CC1CCC(Cn2c(N)nc3c(Cl)cccc32)C1. The monoisotopic (exact) mass is 263 g/mol. The predicted molar refractivity (Wildman–Crippen MR) is 75.7 cm³/mol. The first kappa shape index (κ1) is 11.8. The van der Waals surface area contributed by atoms with Gasteiger partial charge in [-0.2, -0.15) is 0 Å². The van der Waals surface area contributed by atoms with Crippen LogP contribution in [0.3, 0.4) is 0 Å². The summed E-state index contributed by atoms with van der Waals surface area (Å²) in [6, 6.07) is 5.86. The van der Waals surface area contributed by atoms with Gasteiger partial charge in [0.1, 0.15) is 5.52 Å². The van der Waals surface area contributed by atoms with Crippen molar-refractivity contribution in [2.75, 3.05) is 5.73 Å². The number of benzene rings is 1. The van der Waals surface area contributed by atoms with Gasteiger partial charge in [-0.25, -0.2) is 4.98 Å². The van der Waals surface area contributed by atoms with Crippen LogP contribution in [-0.4, -0.2) is 9.55 Å². The van der Waals surface area contributed by atoms with E-state index < -0.39 is 0 Å². The Balaban J connectivity index is 1.96. The normalized spacial score (nSPS) is 23.9. The third-order valence-electron chi connectivity index (χ3n) is 4.00. The number of para-hydroxylation sites is 1. The fourth-order valence-corrected chi connectivity index (χ4v) is 3.28. The van der Waals surface area contributed by atoms with Crippen molar-refractivity contribution < 1.29 is 0 Å². The maximum Gasteiger partial charge on any atom is 0.201 e. The van der Waals surface area contributed by atoms with Crippen LogP contribution in [0.25, 0.3) is 11.0 Å². The van der Waals surface area contributed by atoms with Gasteiger partial charge in [-0.05, 0) is 36.8 Å². The third kappa shape index (κ3) is 1.97. The van der Waals surface area contributed by atoms with Crippen molar-refractivity contribution in [3.05, 3.63) is 23.2 Å². The van der Waals surface area contributed by atoms with Gasteiger partial charge in [-0.3, -0.25) is 0 Å². The lowest BCUT2D eigenvalue weighted by Crippen LogP contribution is -2.10. The lowest BCUT2D eigenvalue weighted by Gasteiger charge is -2.12. The first-order valence-corrected chi connectivity index (χ1v) is 6.93.